The van der Waals surface area contributed by atoms with Crippen molar-refractivity contribution in [2.24, 2.45) is 5.41 Å². The number of rotatable bonds is 12. The number of hydrogen-bond acceptors (Lipinski definition) is 3. The van der Waals surface area contributed by atoms with Crippen LogP contribution in [0.25, 0.3) is 11.1 Å². The third-order valence-corrected chi connectivity index (χ3v) is 6.12. The van der Waals surface area contributed by atoms with Gasteiger partial charge < -0.3 is 9.47 Å². The number of unbranched alkanes of at least 4 members (excludes halogenated alkanes) is 2. The molecule has 0 saturated heterocycles. The molecule has 3 nitrogen and oxygen atoms in total. The topological polar surface area (TPSA) is 42.2 Å². The van der Waals surface area contributed by atoms with Crippen LogP contribution < -0.4 is 9.47 Å². The first-order valence-corrected chi connectivity index (χ1v) is 12.4. The van der Waals surface area contributed by atoms with Gasteiger partial charge in [-0.05, 0) is 62.8 Å². The molecule has 0 aliphatic heterocycles. The van der Waals surface area contributed by atoms with Crippen LogP contribution in [-0.4, -0.2) is 6.61 Å². The van der Waals surface area contributed by atoms with Crippen LogP contribution in [0.15, 0.2) is 66.7 Å². The molecule has 0 bridgehead atoms. The minimum Gasteiger partial charge on any atom is -0.493 e. The summed E-state index contributed by atoms with van der Waals surface area (Å²) in [6.07, 6.45) is 4.90. The Morgan fingerprint density at radius 1 is 0.853 bits per heavy atom. The highest BCUT2D eigenvalue weighted by molar-refractivity contribution is 5.73. The van der Waals surface area contributed by atoms with Gasteiger partial charge in [0.25, 0.3) is 0 Å². The molecule has 3 heteroatoms. The normalized spacial score (nSPS) is 11.1. The first-order valence-electron chi connectivity index (χ1n) is 12.4. The Morgan fingerprint density at radius 2 is 1.65 bits per heavy atom. The summed E-state index contributed by atoms with van der Waals surface area (Å²) in [5.74, 6) is 1.75. The first-order chi connectivity index (χ1) is 16.4. The lowest BCUT2D eigenvalue weighted by atomic mass is 9.89. The fourth-order valence-corrected chi connectivity index (χ4v) is 3.99. The lowest BCUT2D eigenvalue weighted by molar-refractivity contribution is 0.286. The summed E-state index contributed by atoms with van der Waals surface area (Å²) in [5, 5.41) is 9.18. The van der Waals surface area contributed by atoms with Gasteiger partial charge in [-0.15, -0.1) is 0 Å². The predicted octanol–water partition coefficient (Wildman–Crippen LogP) is 8.29. The van der Waals surface area contributed by atoms with E-state index >= 15 is 0 Å². The van der Waals surface area contributed by atoms with Gasteiger partial charge in [0.1, 0.15) is 18.1 Å². The molecular weight excluding hydrogens is 418 g/mol. The average Bonchev–Trinajstić information content (AvgIpc) is 2.85. The Hall–Kier alpha value is -3.25. The van der Waals surface area contributed by atoms with E-state index in [-0.39, 0.29) is 5.41 Å². The van der Waals surface area contributed by atoms with Crippen LogP contribution in [0.5, 0.6) is 11.5 Å². The second-order valence-electron chi connectivity index (χ2n) is 9.61. The molecule has 0 radical (unpaired) electrons. The molecule has 0 unspecified atom stereocenters. The van der Waals surface area contributed by atoms with Crippen LogP contribution >= 0.6 is 0 Å². The first kappa shape index (κ1) is 25.4. The number of ether oxygens (including phenoxy) is 2. The maximum Gasteiger partial charge on any atom is 0.131 e. The molecule has 178 valence electrons. The molecule has 0 N–H and O–H groups in total. The van der Waals surface area contributed by atoms with Gasteiger partial charge in [0.15, 0.2) is 0 Å². The van der Waals surface area contributed by atoms with Crippen LogP contribution in [0, 0.1) is 23.7 Å². The summed E-state index contributed by atoms with van der Waals surface area (Å²) in [4.78, 5) is 0. The number of nitriles is 1. The highest BCUT2D eigenvalue weighted by atomic mass is 16.5. The summed E-state index contributed by atoms with van der Waals surface area (Å²) in [6.45, 7) is 9.47. The molecule has 0 amide bonds. The van der Waals surface area contributed by atoms with Crippen LogP contribution in [0.2, 0.25) is 0 Å². The van der Waals surface area contributed by atoms with Gasteiger partial charge in [0.05, 0.1) is 18.1 Å². The van der Waals surface area contributed by atoms with Crippen molar-refractivity contribution < 1.29 is 9.47 Å². The van der Waals surface area contributed by atoms with Crippen molar-refractivity contribution in [3.05, 3.63) is 83.4 Å². The molecule has 3 aromatic rings. The highest BCUT2D eigenvalue weighted by Gasteiger charge is 2.16. The van der Waals surface area contributed by atoms with E-state index in [1.807, 2.05) is 32.0 Å². The Labute approximate surface area is 205 Å². The minimum atomic E-state index is -0.243. The molecule has 0 spiro atoms. The van der Waals surface area contributed by atoms with Crippen molar-refractivity contribution in [3.63, 3.8) is 0 Å². The maximum absolute atomic E-state index is 9.18. The SMILES string of the molecule is CCc1cc(-c2cccc(C)c2)c(OCc2ccccc2)cc1OCCCCCC(C)(C)C#N. The fraction of sp³-hybridized carbons (Fsp3) is 0.387. The summed E-state index contributed by atoms with van der Waals surface area (Å²) in [5.41, 5.74) is 5.57. The number of nitrogens with zero attached hydrogens (tertiary/aromatic N) is 1. The van der Waals surface area contributed by atoms with E-state index in [1.165, 1.54) is 11.1 Å². The van der Waals surface area contributed by atoms with Gasteiger partial charge in [0.2, 0.25) is 0 Å². The smallest absolute Gasteiger partial charge is 0.131 e. The summed E-state index contributed by atoms with van der Waals surface area (Å²) in [7, 11) is 0. The summed E-state index contributed by atoms with van der Waals surface area (Å²) >= 11 is 0. The van der Waals surface area contributed by atoms with Crippen molar-refractivity contribution in [2.75, 3.05) is 6.61 Å². The highest BCUT2D eigenvalue weighted by Crippen LogP contribution is 2.37. The lowest BCUT2D eigenvalue weighted by Gasteiger charge is -2.18. The van der Waals surface area contributed by atoms with E-state index in [0.29, 0.717) is 13.2 Å². The molecule has 0 heterocycles. The Balaban J connectivity index is 1.76. The standard InChI is InChI=1S/C31H37NO2/c1-5-26-20-28(27-16-12-13-24(2)19-27)30(34-22-25-14-8-6-9-15-25)21-29(26)33-18-11-7-10-17-31(3,4)23-32/h6,8-9,12-16,19-21H,5,7,10-11,17-18,22H2,1-4H3. The van der Waals surface area contributed by atoms with Crippen molar-refractivity contribution in [3.8, 4) is 28.7 Å². The van der Waals surface area contributed by atoms with Crippen molar-refractivity contribution in [1.29, 1.82) is 5.26 Å². The predicted molar refractivity (Wildman–Crippen MR) is 140 cm³/mol. The molecular formula is C31H37NO2. The summed E-state index contributed by atoms with van der Waals surface area (Å²) in [6, 6.07) is 25.5. The van der Waals surface area contributed by atoms with Gasteiger partial charge in [-0.2, -0.15) is 5.26 Å². The van der Waals surface area contributed by atoms with E-state index in [0.717, 1.165) is 60.3 Å². The number of aryl methyl sites for hydroxylation is 2. The lowest BCUT2D eigenvalue weighted by Crippen LogP contribution is -2.07. The second-order valence-corrected chi connectivity index (χ2v) is 9.61. The molecule has 0 aliphatic carbocycles. The Kier molecular flexibility index (Phi) is 9.16. The van der Waals surface area contributed by atoms with Gasteiger partial charge in [0, 0.05) is 11.6 Å². The molecule has 3 aromatic carbocycles. The van der Waals surface area contributed by atoms with Crippen LogP contribution in [0.3, 0.4) is 0 Å². The molecule has 0 saturated carbocycles. The fourth-order valence-electron chi connectivity index (χ4n) is 3.99. The second kappa shape index (κ2) is 12.3. The largest absolute Gasteiger partial charge is 0.493 e. The Morgan fingerprint density at radius 3 is 2.35 bits per heavy atom. The van der Waals surface area contributed by atoms with E-state index in [1.54, 1.807) is 0 Å². The zero-order chi connectivity index (χ0) is 24.4. The number of benzene rings is 3. The van der Waals surface area contributed by atoms with E-state index in [2.05, 4.69) is 68.4 Å². The Bertz CT molecular complexity index is 1100. The van der Waals surface area contributed by atoms with Crippen molar-refractivity contribution >= 4 is 0 Å². The zero-order valence-corrected chi connectivity index (χ0v) is 21.1. The van der Waals surface area contributed by atoms with E-state index < -0.39 is 0 Å². The van der Waals surface area contributed by atoms with Crippen LogP contribution in [-0.2, 0) is 13.0 Å². The monoisotopic (exact) mass is 455 g/mol. The summed E-state index contributed by atoms with van der Waals surface area (Å²) < 4.78 is 12.6. The third-order valence-electron chi connectivity index (χ3n) is 6.12. The molecule has 0 atom stereocenters. The van der Waals surface area contributed by atoms with Gasteiger partial charge >= 0.3 is 0 Å². The zero-order valence-electron chi connectivity index (χ0n) is 21.1. The maximum atomic E-state index is 9.18. The molecule has 3 rings (SSSR count). The van der Waals surface area contributed by atoms with E-state index in [9.17, 15) is 5.26 Å². The van der Waals surface area contributed by atoms with Gasteiger partial charge in [-0.3, -0.25) is 0 Å². The third kappa shape index (κ3) is 7.39. The van der Waals surface area contributed by atoms with Crippen LogP contribution in [0.4, 0.5) is 0 Å². The molecule has 0 fully saturated rings. The van der Waals surface area contributed by atoms with Crippen LogP contribution in [0.1, 0.15) is 63.1 Å². The number of hydrogen-bond donors (Lipinski definition) is 0. The van der Waals surface area contributed by atoms with Crippen molar-refractivity contribution in [2.45, 2.75) is 66.4 Å². The average molecular weight is 456 g/mol. The quantitative estimate of drug-likeness (QED) is 0.258. The van der Waals surface area contributed by atoms with Gasteiger partial charge in [-0.25, -0.2) is 0 Å². The molecule has 0 aliphatic rings. The van der Waals surface area contributed by atoms with E-state index in [4.69, 9.17) is 9.47 Å². The van der Waals surface area contributed by atoms with Crippen molar-refractivity contribution in [1.82, 2.24) is 0 Å². The minimum absolute atomic E-state index is 0.243. The molecule has 34 heavy (non-hydrogen) atoms. The molecule has 0 aromatic heterocycles. The van der Waals surface area contributed by atoms with Gasteiger partial charge in [-0.1, -0.05) is 79.9 Å².